The van der Waals surface area contributed by atoms with Crippen LogP contribution in [0, 0.1) is 5.41 Å². The van der Waals surface area contributed by atoms with Crippen molar-refractivity contribution in [3.05, 3.63) is 41.1 Å². The SMILES string of the molecule is C/C(=C(/c1ccccc1)[Si](C)(C)C)[Si](C(=O)C(C)(C)C)[Si](C)(C)C. The fourth-order valence-electron chi connectivity index (χ4n) is 3.39. The van der Waals surface area contributed by atoms with Crippen LogP contribution in [0.2, 0.25) is 39.3 Å². The molecular weight excluding hydrogens is 340 g/mol. The summed E-state index contributed by atoms with van der Waals surface area (Å²) in [7, 11) is -4.33. The Balaban J connectivity index is 3.69. The number of hydrogen-bond donors (Lipinski definition) is 0. The maximum Gasteiger partial charge on any atom is 0.154 e. The summed E-state index contributed by atoms with van der Waals surface area (Å²) < 4.78 is 0. The molecule has 0 atom stereocenters. The van der Waals surface area contributed by atoms with Crippen LogP contribution in [0.25, 0.3) is 5.20 Å². The van der Waals surface area contributed by atoms with Crippen molar-refractivity contribution in [1.82, 2.24) is 0 Å². The van der Waals surface area contributed by atoms with Gasteiger partial charge >= 0.3 is 0 Å². The first-order valence-corrected chi connectivity index (χ1v) is 18.4. The zero-order chi connectivity index (χ0) is 18.9. The summed E-state index contributed by atoms with van der Waals surface area (Å²) in [5, 5.41) is 3.46. The van der Waals surface area contributed by atoms with E-state index >= 15 is 0 Å². The molecule has 0 fully saturated rings. The van der Waals surface area contributed by atoms with E-state index in [4.69, 9.17) is 0 Å². The number of rotatable bonds is 5. The number of carbonyl (C=O) groups excluding carboxylic acids is 1. The van der Waals surface area contributed by atoms with Crippen molar-refractivity contribution in [3.8, 4) is 0 Å². The second-order valence-corrected chi connectivity index (χ2v) is 27.3. The van der Waals surface area contributed by atoms with Gasteiger partial charge in [-0.2, -0.15) is 0 Å². The highest BCUT2D eigenvalue weighted by atomic mass is 29.2. The first-order valence-electron chi connectivity index (χ1n) is 8.86. The van der Waals surface area contributed by atoms with Gasteiger partial charge in [-0.15, -0.1) is 0 Å². The summed E-state index contributed by atoms with van der Waals surface area (Å²) in [6.07, 6.45) is 0. The fourth-order valence-corrected chi connectivity index (χ4v) is 17.6. The summed E-state index contributed by atoms with van der Waals surface area (Å²) in [5.41, 5.74) is 1.08. The molecule has 133 valence electrons. The van der Waals surface area contributed by atoms with Crippen LogP contribution in [-0.4, -0.2) is 29.4 Å². The Kier molecular flexibility index (Phi) is 6.45. The van der Waals surface area contributed by atoms with Crippen molar-refractivity contribution in [2.24, 2.45) is 5.41 Å². The maximum atomic E-state index is 13.4. The Morgan fingerprint density at radius 2 is 1.38 bits per heavy atom. The van der Waals surface area contributed by atoms with Crippen LogP contribution in [0.4, 0.5) is 0 Å². The summed E-state index contributed by atoms with van der Waals surface area (Å²) >= 11 is 0. The number of benzene rings is 1. The molecule has 4 heteroatoms. The number of hydrogen-bond acceptors (Lipinski definition) is 1. The van der Waals surface area contributed by atoms with Gasteiger partial charge in [-0.1, -0.05) is 101 Å². The van der Waals surface area contributed by atoms with E-state index in [9.17, 15) is 4.79 Å². The van der Waals surface area contributed by atoms with Gasteiger partial charge in [0.15, 0.2) is 8.31 Å². The molecule has 1 aromatic carbocycles. The molecule has 0 saturated heterocycles. The predicted molar refractivity (Wildman–Crippen MR) is 116 cm³/mol. The lowest BCUT2D eigenvalue weighted by atomic mass is 9.99. The molecule has 0 heterocycles. The Labute approximate surface area is 153 Å². The highest BCUT2D eigenvalue weighted by Crippen LogP contribution is 2.34. The molecule has 0 N–H and O–H groups in total. The monoisotopic (exact) mass is 375 g/mol. The summed E-state index contributed by atoms with van der Waals surface area (Å²) in [4.78, 5) is 13.4. The van der Waals surface area contributed by atoms with E-state index in [1.165, 1.54) is 16.0 Å². The molecule has 0 saturated carbocycles. The van der Waals surface area contributed by atoms with Gasteiger partial charge in [-0.25, -0.2) is 0 Å². The van der Waals surface area contributed by atoms with Gasteiger partial charge < -0.3 is 4.79 Å². The van der Waals surface area contributed by atoms with Gasteiger partial charge in [0.1, 0.15) is 5.41 Å². The average Bonchev–Trinajstić information content (AvgIpc) is 2.35. The van der Waals surface area contributed by atoms with Gasteiger partial charge in [0, 0.05) is 5.41 Å². The van der Waals surface area contributed by atoms with Gasteiger partial charge in [-0.3, -0.25) is 0 Å². The van der Waals surface area contributed by atoms with Gasteiger partial charge in [0.05, 0.1) is 15.7 Å². The first kappa shape index (κ1) is 21.3. The predicted octanol–water partition coefficient (Wildman–Crippen LogP) is 5.94. The third-order valence-electron chi connectivity index (χ3n) is 4.22. The normalized spacial score (nSPS) is 14.6. The molecule has 0 unspecified atom stereocenters. The molecule has 1 nitrogen and oxygen atoms in total. The molecule has 0 amide bonds. The van der Waals surface area contributed by atoms with Gasteiger partial charge in [-0.05, 0) is 12.5 Å². The first-order chi connectivity index (χ1) is 10.7. The molecule has 1 radical (unpaired) electrons. The summed E-state index contributed by atoms with van der Waals surface area (Å²) in [6, 6.07) is 10.8. The number of carbonyl (C=O) groups is 1. The third-order valence-corrected chi connectivity index (χ3v) is 16.6. The molecule has 0 aliphatic carbocycles. The highest BCUT2D eigenvalue weighted by Gasteiger charge is 2.43. The minimum absolute atomic E-state index is 0.253. The van der Waals surface area contributed by atoms with E-state index in [-0.39, 0.29) is 5.41 Å². The Hall–Kier alpha value is -0.719. The third kappa shape index (κ3) is 5.14. The second kappa shape index (κ2) is 7.26. The molecule has 24 heavy (non-hydrogen) atoms. The maximum absolute atomic E-state index is 13.4. The van der Waals surface area contributed by atoms with E-state index in [1.54, 1.807) is 0 Å². The summed E-state index contributed by atoms with van der Waals surface area (Å²) in [6.45, 7) is 22.9. The Bertz CT molecular complexity index is 611. The van der Waals surface area contributed by atoms with E-state index < -0.39 is 24.0 Å². The Morgan fingerprint density at radius 3 is 1.71 bits per heavy atom. The quantitative estimate of drug-likeness (QED) is 0.582. The molecule has 0 aliphatic rings. The molecule has 1 aromatic rings. The van der Waals surface area contributed by atoms with Crippen molar-refractivity contribution >= 4 is 34.6 Å². The second-order valence-electron chi connectivity index (χ2n) is 9.82. The van der Waals surface area contributed by atoms with Crippen molar-refractivity contribution in [3.63, 3.8) is 0 Å². The van der Waals surface area contributed by atoms with Crippen LogP contribution < -0.4 is 0 Å². The molecular formula is C20H35OSi3. The molecule has 0 aromatic heterocycles. The van der Waals surface area contributed by atoms with Crippen LogP contribution in [0.3, 0.4) is 0 Å². The zero-order valence-corrected chi connectivity index (χ0v) is 20.3. The Morgan fingerprint density at radius 1 is 0.917 bits per heavy atom. The topological polar surface area (TPSA) is 17.1 Å². The standard InChI is InChI=1S/C20H35OSi3/c1-16(22(24(8,9)10)19(21)20(2,3)4)18(23(5,6)7)17-14-12-11-13-15-17/h11-15H,1-10H3/b18-16+. The largest absolute Gasteiger partial charge is 0.305 e. The minimum Gasteiger partial charge on any atom is -0.305 e. The number of allylic oxidation sites excluding steroid dienone is 1. The van der Waals surface area contributed by atoms with E-state index in [2.05, 4.69) is 97.3 Å². The zero-order valence-electron chi connectivity index (χ0n) is 17.3. The van der Waals surface area contributed by atoms with Gasteiger partial charge in [0.2, 0.25) is 0 Å². The summed E-state index contributed by atoms with van der Waals surface area (Å²) in [5.74, 6) is 0. The van der Waals surface area contributed by atoms with Crippen LogP contribution in [-0.2, 0) is 4.79 Å². The molecule has 0 aliphatic heterocycles. The lowest BCUT2D eigenvalue weighted by Crippen LogP contribution is -2.55. The van der Waals surface area contributed by atoms with E-state index in [0.717, 1.165) is 0 Å². The van der Waals surface area contributed by atoms with Crippen molar-refractivity contribution < 1.29 is 4.79 Å². The van der Waals surface area contributed by atoms with Crippen molar-refractivity contribution in [2.75, 3.05) is 0 Å². The van der Waals surface area contributed by atoms with Crippen LogP contribution >= 0.6 is 0 Å². The lowest BCUT2D eigenvalue weighted by Gasteiger charge is -2.35. The van der Waals surface area contributed by atoms with Crippen molar-refractivity contribution in [1.29, 1.82) is 0 Å². The van der Waals surface area contributed by atoms with Gasteiger partial charge in [0.25, 0.3) is 0 Å². The van der Waals surface area contributed by atoms with Crippen LogP contribution in [0.15, 0.2) is 35.5 Å². The van der Waals surface area contributed by atoms with Crippen molar-refractivity contribution in [2.45, 2.75) is 67.0 Å². The smallest absolute Gasteiger partial charge is 0.154 e. The molecule has 0 bridgehead atoms. The molecule has 1 rings (SSSR count). The minimum atomic E-state index is -1.58. The highest BCUT2D eigenvalue weighted by molar-refractivity contribution is 7.45. The average molecular weight is 376 g/mol. The molecule has 0 spiro atoms. The van der Waals surface area contributed by atoms with Crippen LogP contribution in [0.1, 0.15) is 33.3 Å². The van der Waals surface area contributed by atoms with E-state index in [1.807, 2.05) is 0 Å². The van der Waals surface area contributed by atoms with Crippen LogP contribution in [0.5, 0.6) is 0 Å². The lowest BCUT2D eigenvalue weighted by molar-refractivity contribution is -0.118. The van der Waals surface area contributed by atoms with E-state index in [0.29, 0.717) is 5.41 Å². The fraction of sp³-hybridized carbons (Fsp3) is 0.550.